The van der Waals surface area contributed by atoms with E-state index in [2.05, 4.69) is 30.3 Å². The molecule has 3 rings (SSSR count). The molecule has 0 spiro atoms. The van der Waals surface area contributed by atoms with Crippen molar-refractivity contribution in [3.8, 4) is 5.75 Å². The summed E-state index contributed by atoms with van der Waals surface area (Å²) in [7, 11) is 0. The van der Waals surface area contributed by atoms with Gasteiger partial charge in [0.05, 0.1) is 12.2 Å². The van der Waals surface area contributed by atoms with E-state index in [0.717, 1.165) is 35.9 Å². The van der Waals surface area contributed by atoms with Crippen molar-refractivity contribution < 1.29 is 17.9 Å². The fourth-order valence-electron chi connectivity index (χ4n) is 2.81. The van der Waals surface area contributed by atoms with Crippen LogP contribution in [-0.2, 0) is 13.0 Å². The second-order valence-corrected chi connectivity index (χ2v) is 7.22. The molecule has 11 heteroatoms. The van der Waals surface area contributed by atoms with E-state index in [1.807, 2.05) is 0 Å². The Kier molecular flexibility index (Phi) is 8.80. The number of ether oxygens (including phenoxy) is 1. The van der Waals surface area contributed by atoms with Gasteiger partial charge in [0.25, 0.3) is 0 Å². The molecule has 1 fully saturated rings. The monoisotopic (exact) mass is 541 g/mol. The summed E-state index contributed by atoms with van der Waals surface area (Å²) < 4.78 is 40.3. The van der Waals surface area contributed by atoms with Gasteiger partial charge in [0.2, 0.25) is 0 Å². The average Bonchev–Trinajstić information content (AvgIpc) is 3.31. The van der Waals surface area contributed by atoms with Crippen LogP contribution in [0.1, 0.15) is 24.1 Å². The predicted octanol–water partition coefficient (Wildman–Crippen LogP) is 3.91. The third kappa shape index (κ3) is 7.88. The lowest BCUT2D eigenvalue weighted by atomic mass is 10.2. The fraction of sp³-hybridized carbons (Fsp3) is 0.444. The highest BCUT2D eigenvalue weighted by molar-refractivity contribution is 14.0. The van der Waals surface area contributed by atoms with Crippen molar-refractivity contribution in [2.24, 2.45) is 10.7 Å². The molecular formula is C18H23F3IN5OS. The van der Waals surface area contributed by atoms with E-state index < -0.39 is 6.36 Å². The topological polar surface area (TPSA) is 75.8 Å². The van der Waals surface area contributed by atoms with Crippen LogP contribution in [0.5, 0.6) is 5.75 Å². The van der Waals surface area contributed by atoms with Crippen molar-refractivity contribution in [3.63, 3.8) is 0 Å². The Labute approximate surface area is 188 Å². The molecule has 0 amide bonds. The fourth-order valence-corrected chi connectivity index (χ4v) is 3.73. The molecule has 1 aromatic heterocycles. The number of nitrogens with two attached hydrogens (primary N) is 1. The molecule has 0 aliphatic carbocycles. The number of nitrogens with zero attached hydrogens (tertiary/aromatic N) is 3. The van der Waals surface area contributed by atoms with Gasteiger partial charge in [-0.2, -0.15) is 0 Å². The first-order valence-electron chi connectivity index (χ1n) is 8.97. The van der Waals surface area contributed by atoms with Crippen LogP contribution in [0.15, 0.2) is 34.6 Å². The summed E-state index contributed by atoms with van der Waals surface area (Å²) in [6.45, 7) is 3.03. The van der Waals surface area contributed by atoms with Crippen LogP contribution in [0, 0.1) is 0 Å². The van der Waals surface area contributed by atoms with Crippen LogP contribution >= 0.6 is 35.3 Å². The Morgan fingerprint density at radius 1 is 1.24 bits per heavy atom. The van der Waals surface area contributed by atoms with E-state index in [1.54, 1.807) is 11.3 Å². The Balaban J connectivity index is 0.00000300. The van der Waals surface area contributed by atoms with Crippen LogP contribution < -0.4 is 20.7 Å². The summed E-state index contributed by atoms with van der Waals surface area (Å²) in [5, 5.41) is 6.17. The van der Waals surface area contributed by atoms with Gasteiger partial charge in [0, 0.05) is 31.4 Å². The van der Waals surface area contributed by atoms with Crippen molar-refractivity contribution in [1.29, 1.82) is 0 Å². The average molecular weight is 541 g/mol. The molecule has 3 N–H and O–H groups in total. The number of rotatable bonds is 7. The largest absolute Gasteiger partial charge is 0.573 e. The minimum atomic E-state index is -4.69. The number of hydrogen-bond acceptors (Lipinski definition) is 5. The van der Waals surface area contributed by atoms with Crippen LogP contribution in [-0.4, -0.2) is 36.9 Å². The van der Waals surface area contributed by atoms with Gasteiger partial charge in [-0.3, -0.25) is 0 Å². The molecule has 1 aliphatic rings. The minimum absolute atomic E-state index is 0. The maximum atomic E-state index is 12.1. The Hall–Kier alpha value is -1.76. The molecule has 29 heavy (non-hydrogen) atoms. The van der Waals surface area contributed by atoms with Crippen molar-refractivity contribution in [2.75, 3.05) is 24.5 Å². The Morgan fingerprint density at radius 2 is 1.93 bits per heavy atom. The Morgan fingerprint density at radius 3 is 2.59 bits per heavy atom. The lowest BCUT2D eigenvalue weighted by Crippen LogP contribution is -2.33. The first-order chi connectivity index (χ1) is 13.4. The lowest BCUT2D eigenvalue weighted by Gasteiger charge is -2.12. The zero-order valence-electron chi connectivity index (χ0n) is 15.6. The number of aromatic nitrogens is 1. The molecule has 0 saturated carbocycles. The summed E-state index contributed by atoms with van der Waals surface area (Å²) in [4.78, 5) is 11.1. The van der Waals surface area contributed by atoms with Crippen molar-refractivity contribution in [2.45, 2.75) is 32.2 Å². The molecule has 2 aromatic rings. The van der Waals surface area contributed by atoms with E-state index in [9.17, 15) is 13.2 Å². The van der Waals surface area contributed by atoms with E-state index in [1.165, 1.54) is 37.1 Å². The second kappa shape index (κ2) is 10.9. The van der Waals surface area contributed by atoms with Gasteiger partial charge in [-0.15, -0.1) is 48.5 Å². The molecule has 1 aliphatic heterocycles. The summed E-state index contributed by atoms with van der Waals surface area (Å²) >= 11 is 1.66. The van der Waals surface area contributed by atoms with Crippen LogP contribution in [0.4, 0.5) is 18.3 Å². The van der Waals surface area contributed by atoms with Gasteiger partial charge in [-0.05, 0) is 30.5 Å². The molecule has 0 bridgehead atoms. The third-order valence-corrected chi connectivity index (χ3v) is 5.14. The molecular weight excluding hydrogens is 518 g/mol. The number of alkyl halides is 3. The third-order valence-electron chi connectivity index (χ3n) is 4.19. The number of nitrogens with one attached hydrogen (secondary N) is 1. The molecule has 0 atom stereocenters. The van der Waals surface area contributed by atoms with Gasteiger partial charge in [0.1, 0.15) is 5.75 Å². The standard InChI is InChI=1S/C18H22F3N5OS.HI/c19-18(20,21)27-15-5-3-13(4-6-15)11-24-16(22)23-8-7-14-12-28-17(25-14)26-9-1-2-10-26;/h3-6,12H,1-2,7-11H2,(H3,22,23,24);1H. The number of guanidine groups is 1. The van der Waals surface area contributed by atoms with Gasteiger partial charge in [-0.1, -0.05) is 12.1 Å². The second-order valence-electron chi connectivity index (χ2n) is 6.39. The van der Waals surface area contributed by atoms with Gasteiger partial charge in [0.15, 0.2) is 11.1 Å². The maximum absolute atomic E-state index is 12.1. The molecule has 1 saturated heterocycles. The quantitative estimate of drug-likeness (QED) is 0.316. The zero-order valence-corrected chi connectivity index (χ0v) is 18.8. The molecule has 0 unspecified atom stereocenters. The molecule has 0 radical (unpaired) electrons. The number of halogens is 4. The van der Waals surface area contributed by atoms with Crippen molar-refractivity contribution >= 4 is 46.4 Å². The number of aliphatic imine (C=N–C) groups is 1. The summed E-state index contributed by atoms with van der Waals surface area (Å²) in [5.41, 5.74) is 7.59. The molecule has 1 aromatic carbocycles. The first-order valence-corrected chi connectivity index (χ1v) is 9.85. The zero-order chi connectivity index (χ0) is 20.0. The highest BCUT2D eigenvalue weighted by atomic mass is 127. The highest BCUT2D eigenvalue weighted by Gasteiger charge is 2.30. The summed E-state index contributed by atoms with van der Waals surface area (Å²) in [5.74, 6) is 0.0218. The van der Waals surface area contributed by atoms with E-state index in [4.69, 9.17) is 5.73 Å². The molecule has 160 valence electrons. The minimum Gasteiger partial charge on any atom is -0.406 e. The summed E-state index contributed by atoms with van der Waals surface area (Å²) in [6, 6.07) is 5.55. The van der Waals surface area contributed by atoms with Crippen molar-refractivity contribution in [3.05, 3.63) is 40.9 Å². The van der Waals surface area contributed by atoms with E-state index in [-0.39, 0.29) is 42.2 Å². The van der Waals surface area contributed by atoms with Gasteiger partial charge >= 0.3 is 6.36 Å². The number of hydrogen-bond donors (Lipinski definition) is 2. The smallest absolute Gasteiger partial charge is 0.406 e. The lowest BCUT2D eigenvalue weighted by molar-refractivity contribution is -0.274. The SMILES string of the molecule is I.NC(=NCc1ccc(OC(F)(F)F)cc1)NCCc1csc(N2CCCC2)n1. The molecule has 2 heterocycles. The van der Waals surface area contributed by atoms with Crippen LogP contribution in [0.25, 0.3) is 0 Å². The predicted molar refractivity (Wildman–Crippen MR) is 119 cm³/mol. The van der Waals surface area contributed by atoms with Crippen molar-refractivity contribution in [1.82, 2.24) is 10.3 Å². The maximum Gasteiger partial charge on any atom is 0.573 e. The van der Waals surface area contributed by atoms with E-state index in [0.29, 0.717) is 6.54 Å². The van der Waals surface area contributed by atoms with Gasteiger partial charge in [-0.25, -0.2) is 9.98 Å². The number of thiazole rings is 1. The number of benzene rings is 1. The number of anilines is 1. The highest BCUT2D eigenvalue weighted by Crippen LogP contribution is 2.24. The van der Waals surface area contributed by atoms with Crippen LogP contribution in [0.2, 0.25) is 0 Å². The van der Waals surface area contributed by atoms with E-state index >= 15 is 0 Å². The first kappa shape index (κ1) is 23.5. The summed E-state index contributed by atoms with van der Waals surface area (Å²) in [6.07, 6.45) is -1.51. The Bertz CT molecular complexity index is 792. The van der Waals surface area contributed by atoms with Crippen LogP contribution in [0.3, 0.4) is 0 Å². The normalized spacial score (nSPS) is 14.6. The molecule has 6 nitrogen and oxygen atoms in total. The van der Waals surface area contributed by atoms with Gasteiger partial charge < -0.3 is 20.7 Å².